The Kier molecular flexibility index (Phi) is 5.70. The number of carbonyl (C=O) groups is 1. The number of aromatic nitrogens is 1. The lowest BCUT2D eigenvalue weighted by atomic mass is 9.95. The molecule has 0 aliphatic carbocycles. The third-order valence-corrected chi connectivity index (χ3v) is 6.63. The van der Waals surface area contributed by atoms with E-state index in [0.29, 0.717) is 43.4 Å². The van der Waals surface area contributed by atoms with Gasteiger partial charge in [-0.3, -0.25) is 9.36 Å². The summed E-state index contributed by atoms with van der Waals surface area (Å²) in [5.74, 6) is 1.36. The van der Waals surface area contributed by atoms with Crippen molar-refractivity contribution in [3.05, 3.63) is 84.5 Å². The minimum absolute atomic E-state index is 0.176. The van der Waals surface area contributed by atoms with Crippen molar-refractivity contribution in [2.75, 3.05) is 20.5 Å². The predicted octanol–water partition coefficient (Wildman–Crippen LogP) is 2.54. The van der Waals surface area contributed by atoms with E-state index >= 15 is 0 Å². The fourth-order valence-corrected chi connectivity index (χ4v) is 5.18. The van der Waals surface area contributed by atoms with Gasteiger partial charge in [0, 0.05) is 5.56 Å². The number of nitrogens with zero attached hydrogens (tertiary/aromatic N) is 2. The molecule has 1 atom stereocenters. The zero-order valence-corrected chi connectivity index (χ0v) is 19.7. The highest BCUT2D eigenvalue weighted by atomic mass is 32.1. The van der Waals surface area contributed by atoms with E-state index in [0.717, 1.165) is 5.56 Å². The molecule has 3 heterocycles. The van der Waals surface area contributed by atoms with Crippen LogP contribution in [-0.4, -0.2) is 31.0 Å². The van der Waals surface area contributed by atoms with E-state index in [1.807, 2.05) is 36.4 Å². The molecule has 0 bridgehead atoms. The number of rotatable bonds is 5. The molecular weight excluding hydrogens is 456 g/mol. The number of carbonyl (C=O) groups excluding carboxylic acids is 1. The summed E-state index contributed by atoms with van der Waals surface area (Å²) in [4.78, 5) is 31.8. The molecule has 34 heavy (non-hydrogen) atoms. The topological polar surface area (TPSA) is 88.4 Å². The van der Waals surface area contributed by atoms with Crippen LogP contribution in [0, 0.1) is 0 Å². The van der Waals surface area contributed by atoms with Gasteiger partial charge in [-0.2, -0.15) is 0 Å². The van der Waals surface area contributed by atoms with E-state index in [-0.39, 0.29) is 19.0 Å². The molecule has 0 unspecified atom stereocenters. The maximum absolute atomic E-state index is 13.7. The monoisotopic (exact) mass is 478 g/mol. The minimum Gasteiger partial charge on any atom is -0.496 e. The maximum atomic E-state index is 13.7. The first-order chi connectivity index (χ1) is 16.5. The number of benzene rings is 2. The summed E-state index contributed by atoms with van der Waals surface area (Å²) in [6.45, 7) is 3.88. The zero-order chi connectivity index (χ0) is 23.8. The second-order valence-corrected chi connectivity index (χ2v) is 8.67. The van der Waals surface area contributed by atoms with Crippen LogP contribution in [0.5, 0.6) is 17.2 Å². The van der Waals surface area contributed by atoms with Gasteiger partial charge in [0.2, 0.25) is 6.79 Å². The van der Waals surface area contributed by atoms with Crippen molar-refractivity contribution >= 4 is 23.4 Å². The molecule has 2 aliphatic heterocycles. The molecule has 0 fully saturated rings. The summed E-state index contributed by atoms with van der Waals surface area (Å²) in [7, 11) is 1.56. The van der Waals surface area contributed by atoms with Crippen LogP contribution in [0.2, 0.25) is 0 Å². The Bertz CT molecular complexity index is 1500. The van der Waals surface area contributed by atoms with Gasteiger partial charge in [-0.15, -0.1) is 0 Å². The van der Waals surface area contributed by atoms with Crippen LogP contribution < -0.4 is 29.1 Å². The van der Waals surface area contributed by atoms with E-state index in [9.17, 15) is 9.59 Å². The summed E-state index contributed by atoms with van der Waals surface area (Å²) in [5, 5.41) is 0. The molecule has 0 N–H and O–H groups in total. The Morgan fingerprint density at radius 1 is 1.24 bits per heavy atom. The molecule has 0 radical (unpaired) electrons. The maximum Gasteiger partial charge on any atom is 0.338 e. The van der Waals surface area contributed by atoms with Crippen LogP contribution in [0.15, 0.2) is 63.5 Å². The lowest BCUT2D eigenvalue weighted by Gasteiger charge is -2.25. The van der Waals surface area contributed by atoms with Crippen molar-refractivity contribution in [2.45, 2.75) is 19.9 Å². The average Bonchev–Trinajstić information content (AvgIpc) is 3.42. The molecule has 2 aromatic carbocycles. The van der Waals surface area contributed by atoms with Gasteiger partial charge in [0.25, 0.3) is 5.56 Å². The molecule has 3 aromatic rings. The molecular formula is C25H22N2O6S. The standard InChI is InChI=1S/C25H22N2O6S/c1-4-31-24(29)21-14(2)26-25-27(22(21)16-7-5-6-8-17(16)30-3)23(28)20(34-25)12-15-9-10-18-19(11-15)33-13-32-18/h5-12,22H,4,13H2,1-3H3/b20-12+/t22-/m1/s1. The number of fused-ring (bicyclic) bond motifs is 2. The lowest BCUT2D eigenvalue weighted by Crippen LogP contribution is -2.40. The number of methoxy groups -OCH3 is 1. The summed E-state index contributed by atoms with van der Waals surface area (Å²) in [6.07, 6.45) is 1.79. The third kappa shape index (κ3) is 3.67. The summed E-state index contributed by atoms with van der Waals surface area (Å²) in [5.41, 5.74) is 2.04. The lowest BCUT2D eigenvalue weighted by molar-refractivity contribution is -0.139. The fourth-order valence-electron chi connectivity index (χ4n) is 4.13. The van der Waals surface area contributed by atoms with E-state index in [1.165, 1.54) is 11.3 Å². The molecule has 174 valence electrons. The van der Waals surface area contributed by atoms with Gasteiger partial charge in [-0.25, -0.2) is 9.79 Å². The van der Waals surface area contributed by atoms with Crippen LogP contribution in [0.4, 0.5) is 0 Å². The number of esters is 1. The minimum atomic E-state index is -0.731. The van der Waals surface area contributed by atoms with Crippen molar-refractivity contribution in [2.24, 2.45) is 4.99 Å². The number of hydrogen-bond acceptors (Lipinski definition) is 8. The molecule has 0 saturated carbocycles. The van der Waals surface area contributed by atoms with E-state index in [2.05, 4.69) is 4.99 Å². The molecule has 5 rings (SSSR count). The molecule has 1 aromatic heterocycles. The van der Waals surface area contributed by atoms with Gasteiger partial charge in [-0.05, 0) is 43.7 Å². The first-order valence-corrected chi connectivity index (χ1v) is 11.6. The zero-order valence-electron chi connectivity index (χ0n) is 18.9. The van der Waals surface area contributed by atoms with Crippen LogP contribution >= 0.6 is 11.3 Å². The summed E-state index contributed by atoms with van der Waals surface area (Å²) < 4.78 is 23.8. The third-order valence-electron chi connectivity index (χ3n) is 5.64. The Balaban J connectivity index is 1.72. The van der Waals surface area contributed by atoms with Crippen LogP contribution in [-0.2, 0) is 9.53 Å². The normalized spacial score (nSPS) is 16.8. The van der Waals surface area contributed by atoms with Crippen molar-refractivity contribution in [3.8, 4) is 17.2 Å². The Hall–Kier alpha value is -3.85. The molecule has 9 heteroatoms. The highest BCUT2D eigenvalue weighted by Gasteiger charge is 2.34. The summed E-state index contributed by atoms with van der Waals surface area (Å²) in [6, 6.07) is 12.1. The second-order valence-electron chi connectivity index (χ2n) is 7.66. The highest BCUT2D eigenvalue weighted by molar-refractivity contribution is 7.07. The number of para-hydroxylation sites is 1. The largest absolute Gasteiger partial charge is 0.496 e. The van der Waals surface area contributed by atoms with Crippen LogP contribution in [0.3, 0.4) is 0 Å². The molecule has 0 saturated heterocycles. The van der Waals surface area contributed by atoms with Crippen molar-refractivity contribution in [1.82, 2.24) is 4.57 Å². The van der Waals surface area contributed by atoms with Gasteiger partial charge in [0.15, 0.2) is 16.3 Å². The van der Waals surface area contributed by atoms with E-state index < -0.39 is 12.0 Å². The molecule has 0 amide bonds. The number of thiazole rings is 1. The first-order valence-electron chi connectivity index (χ1n) is 10.7. The highest BCUT2D eigenvalue weighted by Crippen LogP contribution is 2.36. The van der Waals surface area contributed by atoms with Gasteiger partial charge in [0.05, 0.1) is 29.5 Å². The van der Waals surface area contributed by atoms with E-state index in [1.54, 1.807) is 37.7 Å². The number of allylic oxidation sites excluding steroid dienone is 1. The van der Waals surface area contributed by atoms with Crippen molar-refractivity contribution in [1.29, 1.82) is 0 Å². The fraction of sp³-hybridized carbons (Fsp3) is 0.240. The Labute approximate surface area is 199 Å². The average molecular weight is 479 g/mol. The van der Waals surface area contributed by atoms with Gasteiger partial charge in [0.1, 0.15) is 11.8 Å². The van der Waals surface area contributed by atoms with Gasteiger partial charge in [-0.1, -0.05) is 35.6 Å². The smallest absolute Gasteiger partial charge is 0.338 e. The van der Waals surface area contributed by atoms with Crippen molar-refractivity contribution in [3.63, 3.8) is 0 Å². The quantitative estimate of drug-likeness (QED) is 0.524. The molecule has 2 aliphatic rings. The van der Waals surface area contributed by atoms with Gasteiger partial charge < -0.3 is 18.9 Å². The molecule has 0 spiro atoms. The summed E-state index contributed by atoms with van der Waals surface area (Å²) >= 11 is 1.26. The van der Waals surface area contributed by atoms with Crippen molar-refractivity contribution < 1.29 is 23.7 Å². The number of hydrogen-bond donors (Lipinski definition) is 0. The number of ether oxygens (including phenoxy) is 4. The Morgan fingerprint density at radius 2 is 2.03 bits per heavy atom. The van der Waals surface area contributed by atoms with Crippen LogP contribution in [0.1, 0.15) is 31.0 Å². The van der Waals surface area contributed by atoms with Crippen LogP contribution in [0.25, 0.3) is 6.08 Å². The molecule has 8 nitrogen and oxygen atoms in total. The SMILES string of the molecule is CCOC(=O)C1=C(C)N=c2s/c(=C/c3ccc4c(c3)OCO4)c(=O)n2[C@@H]1c1ccccc1OC. The Morgan fingerprint density at radius 3 is 2.82 bits per heavy atom. The van der Waals surface area contributed by atoms with E-state index in [4.69, 9.17) is 18.9 Å². The second kappa shape index (κ2) is 8.83. The predicted molar refractivity (Wildman–Crippen MR) is 126 cm³/mol. The van der Waals surface area contributed by atoms with Gasteiger partial charge >= 0.3 is 5.97 Å². The first kappa shape index (κ1) is 22.0.